The molecule has 0 spiro atoms. The molecule has 142 valence electrons. The number of hydrogen-bond acceptors (Lipinski definition) is 5. The minimum atomic E-state index is -0.306. The highest BCUT2D eigenvalue weighted by Crippen LogP contribution is 2.26. The van der Waals surface area contributed by atoms with Crippen LogP contribution in [0.25, 0.3) is 11.0 Å². The molecule has 0 bridgehead atoms. The number of ether oxygens (including phenoxy) is 2. The summed E-state index contributed by atoms with van der Waals surface area (Å²) in [4.78, 5) is 16.7. The van der Waals surface area contributed by atoms with Crippen molar-refractivity contribution in [1.82, 2.24) is 9.55 Å². The summed E-state index contributed by atoms with van der Waals surface area (Å²) in [5, 5.41) is 0.974. The van der Waals surface area contributed by atoms with Gasteiger partial charge in [-0.05, 0) is 56.2 Å². The van der Waals surface area contributed by atoms with Gasteiger partial charge < -0.3 is 14.0 Å². The standard InChI is InChI=1S/C21H24N2O3S/c1-4-23-19-11-8-16(20(24)26-5-2)14-18(19)22-21(23)27-13-12-15-6-9-17(25-3)10-7-15/h6-11,14H,4-5,12-13H2,1-3H3. The van der Waals surface area contributed by atoms with E-state index in [1.165, 1.54) is 5.56 Å². The van der Waals surface area contributed by atoms with E-state index in [9.17, 15) is 4.79 Å². The maximum atomic E-state index is 12.0. The number of hydrogen-bond donors (Lipinski definition) is 0. The number of carbonyl (C=O) groups is 1. The van der Waals surface area contributed by atoms with Crippen LogP contribution >= 0.6 is 11.8 Å². The maximum Gasteiger partial charge on any atom is 0.338 e. The van der Waals surface area contributed by atoms with Crippen molar-refractivity contribution in [3.05, 3.63) is 53.6 Å². The predicted molar refractivity (Wildman–Crippen MR) is 109 cm³/mol. The van der Waals surface area contributed by atoms with Gasteiger partial charge in [-0.15, -0.1) is 0 Å². The van der Waals surface area contributed by atoms with Crippen molar-refractivity contribution < 1.29 is 14.3 Å². The third-order valence-electron chi connectivity index (χ3n) is 4.32. The number of aryl methyl sites for hydroxylation is 2. The second kappa shape index (κ2) is 8.95. The van der Waals surface area contributed by atoms with Gasteiger partial charge in [-0.1, -0.05) is 23.9 Å². The largest absolute Gasteiger partial charge is 0.497 e. The van der Waals surface area contributed by atoms with Gasteiger partial charge in [0.05, 0.1) is 30.3 Å². The zero-order valence-corrected chi connectivity index (χ0v) is 16.7. The highest BCUT2D eigenvalue weighted by molar-refractivity contribution is 7.99. The molecule has 0 aliphatic rings. The van der Waals surface area contributed by atoms with Gasteiger partial charge >= 0.3 is 5.97 Å². The Morgan fingerprint density at radius 2 is 1.93 bits per heavy atom. The molecule has 0 amide bonds. The molecule has 5 nitrogen and oxygen atoms in total. The first-order valence-electron chi connectivity index (χ1n) is 9.09. The van der Waals surface area contributed by atoms with Crippen LogP contribution in [0.4, 0.5) is 0 Å². The fourth-order valence-corrected chi connectivity index (χ4v) is 3.98. The number of carbonyl (C=O) groups excluding carboxylic acids is 1. The summed E-state index contributed by atoms with van der Waals surface area (Å²) >= 11 is 1.73. The molecule has 2 aromatic carbocycles. The van der Waals surface area contributed by atoms with Crippen molar-refractivity contribution in [1.29, 1.82) is 0 Å². The quantitative estimate of drug-likeness (QED) is 0.420. The Bertz CT molecular complexity index is 919. The third kappa shape index (κ3) is 4.45. The molecule has 3 aromatic rings. The Balaban J connectivity index is 1.73. The van der Waals surface area contributed by atoms with Gasteiger partial charge in [0.25, 0.3) is 0 Å². The zero-order chi connectivity index (χ0) is 19.2. The van der Waals surface area contributed by atoms with Crippen molar-refractivity contribution in [3.63, 3.8) is 0 Å². The molecule has 27 heavy (non-hydrogen) atoms. The van der Waals surface area contributed by atoms with E-state index in [-0.39, 0.29) is 5.97 Å². The van der Waals surface area contributed by atoms with E-state index in [1.807, 2.05) is 24.3 Å². The van der Waals surface area contributed by atoms with E-state index in [2.05, 4.69) is 23.6 Å². The first-order valence-corrected chi connectivity index (χ1v) is 10.1. The molecular weight excluding hydrogens is 360 g/mol. The molecule has 1 aromatic heterocycles. The van der Waals surface area contributed by atoms with Gasteiger partial charge in [0.2, 0.25) is 0 Å². The summed E-state index contributed by atoms with van der Waals surface area (Å²) in [6.45, 7) is 5.11. The molecular formula is C21H24N2O3S. The molecule has 0 fully saturated rings. The first kappa shape index (κ1) is 19.3. The molecule has 0 unspecified atom stereocenters. The number of methoxy groups -OCH3 is 1. The second-order valence-corrected chi connectivity index (χ2v) is 7.07. The summed E-state index contributed by atoms with van der Waals surface area (Å²) < 4.78 is 12.5. The Kier molecular flexibility index (Phi) is 6.40. The lowest BCUT2D eigenvalue weighted by Gasteiger charge is -2.06. The van der Waals surface area contributed by atoms with Crippen LogP contribution in [0.1, 0.15) is 29.8 Å². The number of nitrogens with zero attached hydrogens (tertiary/aromatic N) is 2. The van der Waals surface area contributed by atoms with Gasteiger partial charge in [0, 0.05) is 12.3 Å². The molecule has 0 aliphatic carbocycles. The monoisotopic (exact) mass is 384 g/mol. The van der Waals surface area contributed by atoms with E-state index >= 15 is 0 Å². The molecule has 0 N–H and O–H groups in total. The van der Waals surface area contributed by atoms with Crippen LogP contribution in [0.3, 0.4) is 0 Å². The summed E-state index contributed by atoms with van der Waals surface area (Å²) in [7, 11) is 1.67. The predicted octanol–water partition coefficient (Wildman–Crippen LogP) is 4.58. The number of esters is 1. The normalized spacial score (nSPS) is 10.9. The lowest BCUT2D eigenvalue weighted by molar-refractivity contribution is 0.0526. The van der Waals surface area contributed by atoms with Gasteiger partial charge in [0.1, 0.15) is 5.75 Å². The minimum absolute atomic E-state index is 0.306. The van der Waals surface area contributed by atoms with E-state index in [0.29, 0.717) is 12.2 Å². The Hall–Kier alpha value is -2.47. The van der Waals surface area contributed by atoms with Crippen LogP contribution in [0.15, 0.2) is 47.6 Å². The van der Waals surface area contributed by atoms with E-state index in [0.717, 1.165) is 40.7 Å². The maximum absolute atomic E-state index is 12.0. The summed E-state index contributed by atoms with van der Waals surface area (Å²) in [6, 6.07) is 13.7. The summed E-state index contributed by atoms with van der Waals surface area (Å²) in [5.41, 5.74) is 3.68. The van der Waals surface area contributed by atoms with Crippen molar-refractivity contribution in [2.75, 3.05) is 19.5 Å². The van der Waals surface area contributed by atoms with Crippen molar-refractivity contribution >= 4 is 28.8 Å². The molecule has 6 heteroatoms. The smallest absolute Gasteiger partial charge is 0.338 e. The average Bonchev–Trinajstić information content (AvgIpc) is 3.05. The lowest BCUT2D eigenvalue weighted by atomic mass is 10.2. The molecule has 1 heterocycles. The number of thioether (sulfide) groups is 1. The van der Waals surface area contributed by atoms with Gasteiger partial charge in [-0.2, -0.15) is 0 Å². The summed E-state index contributed by atoms with van der Waals surface area (Å²) in [6.07, 6.45) is 0.954. The molecule has 3 rings (SSSR count). The van der Waals surface area contributed by atoms with Crippen molar-refractivity contribution in [2.45, 2.75) is 32.0 Å². The number of fused-ring (bicyclic) bond motifs is 1. The Morgan fingerprint density at radius 1 is 1.15 bits per heavy atom. The molecule has 0 aliphatic heterocycles. The Labute approximate surface area is 163 Å². The molecule has 0 saturated carbocycles. The fraction of sp³-hybridized carbons (Fsp3) is 0.333. The van der Waals surface area contributed by atoms with E-state index in [1.54, 1.807) is 31.9 Å². The van der Waals surface area contributed by atoms with Crippen LogP contribution < -0.4 is 4.74 Å². The average molecular weight is 385 g/mol. The topological polar surface area (TPSA) is 53.4 Å². The van der Waals surface area contributed by atoms with Crippen molar-refractivity contribution in [3.8, 4) is 5.75 Å². The number of aromatic nitrogens is 2. The minimum Gasteiger partial charge on any atom is -0.497 e. The van der Waals surface area contributed by atoms with Crippen LogP contribution in [-0.4, -0.2) is 35.0 Å². The summed E-state index contributed by atoms with van der Waals surface area (Å²) in [5.74, 6) is 1.50. The van der Waals surface area contributed by atoms with E-state index < -0.39 is 0 Å². The highest BCUT2D eigenvalue weighted by atomic mass is 32.2. The third-order valence-corrected chi connectivity index (χ3v) is 5.30. The fourth-order valence-electron chi connectivity index (χ4n) is 2.92. The highest BCUT2D eigenvalue weighted by Gasteiger charge is 2.13. The van der Waals surface area contributed by atoms with Crippen LogP contribution in [0.2, 0.25) is 0 Å². The molecule has 0 saturated heterocycles. The van der Waals surface area contributed by atoms with Crippen molar-refractivity contribution in [2.24, 2.45) is 0 Å². The Morgan fingerprint density at radius 3 is 2.59 bits per heavy atom. The number of imidazole rings is 1. The first-order chi connectivity index (χ1) is 13.2. The lowest BCUT2D eigenvalue weighted by Crippen LogP contribution is -2.04. The second-order valence-electron chi connectivity index (χ2n) is 6.01. The molecule has 0 atom stereocenters. The van der Waals surface area contributed by atoms with Gasteiger partial charge in [-0.25, -0.2) is 9.78 Å². The van der Waals surface area contributed by atoms with Gasteiger partial charge in [0.15, 0.2) is 5.16 Å². The van der Waals surface area contributed by atoms with Crippen LogP contribution in [0.5, 0.6) is 5.75 Å². The zero-order valence-electron chi connectivity index (χ0n) is 15.9. The number of benzene rings is 2. The molecule has 0 radical (unpaired) electrons. The van der Waals surface area contributed by atoms with Crippen LogP contribution in [0, 0.1) is 0 Å². The van der Waals surface area contributed by atoms with E-state index in [4.69, 9.17) is 14.5 Å². The number of rotatable bonds is 8. The SMILES string of the molecule is CCOC(=O)c1ccc2c(c1)nc(SCCc1ccc(OC)cc1)n2CC. The van der Waals surface area contributed by atoms with Gasteiger partial charge in [-0.3, -0.25) is 0 Å². The van der Waals surface area contributed by atoms with Crippen LogP contribution in [-0.2, 0) is 17.7 Å².